The Bertz CT molecular complexity index is 1940. The quantitative estimate of drug-likeness (QED) is 0.108. The summed E-state index contributed by atoms with van der Waals surface area (Å²) < 4.78 is 16.9. The number of amides is 1. The second kappa shape index (κ2) is 10.0. The highest BCUT2D eigenvalue weighted by Crippen LogP contribution is 2.33. The van der Waals surface area contributed by atoms with Gasteiger partial charge in [-0.25, -0.2) is 9.78 Å². The van der Waals surface area contributed by atoms with E-state index in [0.717, 1.165) is 26.0 Å². The summed E-state index contributed by atoms with van der Waals surface area (Å²) in [5, 5.41) is 8.39. The molecular formula is C30H21N3O5S. The summed E-state index contributed by atoms with van der Waals surface area (Å²) in [4.78, 5) is 31.6. The van der Waals surface area contributed by atoms with Gasteiger partial charge in [0.05, 0.1) is 30.7 Å². The zero-order valence-corrected chi connectivity index (χ0v) is 21.8. The van der Waals surface area contributed by atoms with Crippen LogP contribution >= 0.6 is 11.3 Å². The topological polar surface area (TPSA) is 94.2 Å². The Morgan fingerprint density at radius 1 is 0.923 bits per heavy atom. The first-order valence-electron chi connectivity index (χ1n) is 12.0. The van der Waals surface area contributed by atoms with Crippen molar-refractivity contribution in [2.75, 3.05) is 19.2 Å². The number of carbonyl (C=O) groups is 1. The Labute approximate surface area is 226 Å². The van der Waals surface area contributed by atoms with Crippen molar-refractivity contribution in [3.05, 3.63) is 106 Å². The second-order valence-electron chi connectivity index (χ2n) is 8.61. The summed E-state index contributed by atoms with van der Waals surface area (Å²) in [6.45, 7) is 0. The van der Waals surface area contributed by atoms with Gasteiger partial charge in [0.2, 0.25) is 5.13 Å². The fraction of sp³-hybridized carbons (Fsp3) is 0.0667. The van der Waals surface area contributed by atoms with Gasteiger partial charge in [-0.05, 0) is 70.9 Å². The minimum Gasteiger partial charge on any atom is -0.497 e. The zero-order chi connectivity index (χ0) is 26.9. The fourth-order valence-corrected chi connectivity index (χ4v) is 5.20. The van der Waals surface area contributed by atoms with E-state index in [-0.39, 0.29) is 5.56 Å². The third-order valence-corrected chi connectivity index (χ3v) is 7.26. The van der Waals surface area contributed by atoms with Gasteiger partial charge in [0.15, 0.2) is 0 Å². The highest BCUT2D eigenvalue weighted by Gasteiger charge is 2.25. The summed E-state index contributed by atoms with van der Waals surface area (Å²) in [5.41, 5.74) is 0.895. The standard InChI is InChI=1S/C30H21N3O5S/c1-36-20-10-7-18(8-11-20)17-31-33(30-32-25-13-12-21(37-2)15-27(25)39-30)28(34)24-16-23-22-6-4-3-5-19(22)9-14-26(23)38-29(24)35/h3-17H,1-2H3/b31-17+. The summed E-state index contributed by atoms with van der Waals surface area (Å²) in [6, 6.07) is 25.5. The minimum atomic E-state index is -0.754. The lowest BCUT2D eigenvalue weighted by atomic mass is 10.0. The number of hydrogen-bond acceptors (Lipinski definition) is 8. The molecule has 0 saturated carbocycles. The van der Waals surface area contributed by atoms with E-state index < -0.39 is 11.5 Å². The van der Waals surface area contributed by atoms with E-state index in [4.69, 9.17) is 13.9 Å². The van der Waals surface area contributed by atoms with Gasteiger partial charge < -0.3 is 13.9 Å². The largest absolute Gasteiger partial charge is 0.497 e. The number of hydrazone groups is 1. The maximum absolute atomic E-state index is 13.9. The first-order valence-corrected chi connectivity index (χ1v) is 12.8. The Balaban J connectivity index is 1.48. The molecule has 0 bridgehead atoms. The number of benzene rings is 4. The van der Waals surface area contributed by atoms with E-state index in [9.17, 15) is 9.59 Å². The molecule has 0 atom stereocenters. The van der Waals surface area contributed by atoms with E-state index in [0.29, 0.717) is 33.1 Å². The van der Waals surface area contributed by atoms with Crippen LogP contribution in [0.1, 0.15) is 15.9 Å². The molecule has 1 amide bonds. The summed E-state index contributed by atoms with van der Waals surface area (Å²) in [6.07, 6.45) is 1.53. The van der Waals surface area contributed by atoms with Crippen LogP contribution in [0.15, 0.2) is 99.2 Å². The van der Waals surface area contributed by atoms with Crippen LogP contribution in [0.4, 0.5) is 5.13 Å². The zero-order valence-electron chi connectivity index (χ0n) is 21.0. The van der Waals surface area contributed by atoms with Crippen molar-refractivity contribution in [1.29, 1.82) is 0 Å². The molecule has 9 heteroatoms. The third-order valence-electron chi connectivity index (χ3n) is 6.27. The summed E-state index contributed by atoms with van der Waals surface area (Å²) in [7, 11) is 3.17. The van der Waals surface area contributed by atoms with Crippen LogP contribution in [0.2, 0.25) is 0 Å². The minimum absolute atomic E-state index is 0.150. The molecule has 0 unspecified atom stereocenters. The Morgan fingerprint density at radius 3 is 2.49 bits per heavy atom. The normalized spacial score (nSPS) is 11.4. The number of ether oxygens (including phenoxy) is 2. The summed E-state index contributed by atoms with van der Waals surface area (Å²) in [5.74, 6) is 0.704. The number of hydrogen-bond donors (Lipinski definition) is 0. The van der Waals surface area contributed by atoms with Crippen LogP contribution in [0.25, 0.3) is 32.0 Å². The molecule has 0 fully saturated rings. The molecule has 0 radical (unpaired) electrons. The van der Waals surface area contributed by atoms with Crippen molar-refractivity contribution in [3.63, 3.8) is 0 Å². The van der Waals surface area contributed by atoms with Crippen LogP contribution in [-0.4, -0.2) is 31.3 Å². The molecule has 192 valence electrons. The van der Waals surface area contributed by atoms with Crippen LogP contribution in [0.3, 0.4) is 0 Å². The smallest absolute Gasteiger partial charge is 0.349 e. The van der Waals surface area contributed by atoms with Crippen LogP contribution in [-0.2, 0) is 0 Å². The molecule has 0 N–H and O–H groups in total. The van der Waals surface area contributed by atoms with Gasteiger partial charge in [-0.15, -0.1) is 0 Å². The maximum Gasteiger partial charge on any atom is 0.349 e. The third kappa shape index (κ3) is 4.60. The van der Waals surface area contributed by atoms with Gasteiger partial charge in [0.1, 0.15) is 22.6 Å². The molecule has 4 aromatic carbocycles. The number of nitrogens with zero attached hydrogens (tertiary/aromatic N) is 3. The molecule has 0 aliphatic carbocycles. The molecule has 8 nitrogen and oxygen atoms in total. The lowest BCUT2D eigenvalue weighted by molar-refractivity contribution is 0.0984. The number of carbonyl (C=O) groups excluding carboxylic acids is 1. The number of anilines is 1. The van der Waals surface area contributed by atoms with Gasteiger partial charge in [-0.1, -0.05) is 41.7 Å². The molecule has 2 aromatic heterocycles. The van der Waals surface area contributed by atoms with Crippen molar-refractivity contribution < 1.29 is 18.7 Å². The Hall–Kier alpha value is -5.02. The van der Waals surface area contributed by atoms with Crippen LogP contribution in [0, 0.1) is 0 Å². The van der Waals surface area contributed by atoms with E-state index in [2.05, 4.69) is 10.1 Å². The molecule has 6 aromatic rings. The fourth-order valence-electron chi connectivity index (χ4n) is 4.25. The predicted molar refractivity (Wildman–Crippen MR) is 154 cm³/mol. The van der Waals surface area contributed by atoms with Gasteiger partial charge >= 0.3 is 5.63 Å². The summed E-state index contributed by atoms with van der Waals surface area (Å²) >= 11 is 1.26. The van der Waals surface area contributed by atoms with Crippen molar-refractivity contribution in [3.8, 4) is 11.5 Å². The van der Waals surface area contributed by atoms with Crippen molar-refractivity contribution in [2.45, 2.75) is 0 Å². The van der Waals surface area contributed by atoms with E-state index in [1.165, 1.54) is 17.6 Å². The Morgan fingerprint density at radius 2 is 1.69 bits per heavy atom. The molecule has 39 heavy (non-hydrogen) atoms. The SMILES string of the molecule is COc1ccc(/C=N/N(C(=O)c2cc3c(ccc4ccccc43)oc2=O)c2nc3ccc(OC)cc3s2)cc1. The molecule has 0 aliphatic rings. The Kier molecular flexibility index (Phi) is 6.26. The number of rotatable bonds is 6. The number of aromatic nitrogens is 1. The highest BCUT2D eigenvalue weighted by molar-refractivity contribution is 7.22. The van der Waals surface area contributed by atoms with E-state index >= 15 is 0 Å². The number of methoxy groups -OCH3 is 2. The average molecular weight is 536 g/mol. The van der Waals surface area contributed by atoms with Crippen molar-refractivity contribution in [1.82, 2.24) is 4.98 Å². The predicted octanol–water partition coefficient (Wildman–Crippen LogP) is 6.25. The van der Waals surface area contributed by atoms with Crippen molar-refractivity contribution >= 4 is 60.5 Å². The number of fused-ring (bicyclic) bond motifs is 4. The maximum atomic E-state index is 13.9. The molecule has 0 spiro atoms. The molecule has 2 heterocycles. The van der Waals surface area contributed by atoms with Crippen molar-refractivity contribution in [2.24, 2.45) is 5.10 Å². The monoisotopic (exact) mass is 535 g/mol. The number of thiazole rings is 1. The lowest BCUT2D eigenvalue weighted by Gasteiger charge is -2.14. The molecular weight excluding hydrogens is 514 g/mol. The van der Waals surface area contributed by atoms with E-state index in [1.54, 1.807) is 50.6 Å². The van der Waals surface area contributed by atoms with Gasteiger partial charge in [-0.2, -0.15) is 10.1 Å². The molecule has 0 aliphatic heterocycles. The van der Waals surface area contributed by atoms with Gasteiger partial charge in [-0.3, -0.25) is 4.79 Å². The van der Waals surface area contributed by atoms with Gasteiger partial charge in [0.25, 0.3) is 5.91 Å². The lowest BCUT2D eigenvalue weighted by Crippen LogP contribution is -2.30. The second-order valence-corrected chi connectivity index (χ2v) is 9.62. The molecule has 0 saturated heterocycles. The molecule has 6 rings (SSSR count). The van der Waals surface area contributed by atoms with Crippen LogP contribution < -0.4 is 20.1 Å². The van der Waals surface area contributed by atoms with Gasteiger partial charge in [0, 0.05) is 5.39 Å². The average Bonchev–Trinajstić information content (AvgIpc) is 3.40. The highest BCUT2D eigenvalue weighted by atomic mass is 32.1. The van der Waals surface area contributed by atoms with Crippen LogP contribution in [0.5, 0.6) is 11.5 Å². The first kappa shape index (κ1) is 24.3. The first-order chi connectivity index (χ1) is 19.0. The van der Waals surface area contributed by atoms with E-state index in [1.807, 2.05) is 48.5 Å².